The highest BCUT2D eigenvalue weighted by atomic mass is 32.1. The number of hydrogen-bond acceptors (Lipinski definition) is 4. The van der Waals surface area contributed by atoms with Crippen molar-refractivity contribution >= 4 is 33.0 Å². The summed E-state index contributed by atoms with van der Waals surface area (Å²) in [6.45, 7) is 0. The molecule has 5 heteroatoms. The van der Waals surface area contributed by atoms with Crippen LogP contribution in [0.4, 0.5) is 5.13 Å². The first-order chi connectivity index (χ1) is 7.15. The second-order valence-electron chi connectivity index (χ2n) is 3.36. The number of thiazole rings is 1. The molecule has 0 saturated carbocycles. The van der Waals surface area contributed by atoms with Crippen LogP contribution >= 0.6 is 11.3 Å². The molecule has 0 amide bonds. The molecule has 0 aliphatic carbocycles. The van der Waals surface area contributed by atoms with Gasteiger partial charge in [-0.05, 0) is 18.2 Å². The number of phenols is 1. The molecule has 0 aliphatic rings. The molecule has 15 heavy (non-hydrogen) atoms. The number of benzene rings is 1. The Kier molecular flexibility index (Phi) is 2.55. The van der Waals surface area contributed by atoms with Crippen LogP contribution in [0.25, 0.3) is 10.2 Å². The molecule has 78 valence electrons. The molecule has 1 heterocycles. The van der Waals surface area contributed by atoms with E-state index in [1.807, 2.05) is 19.0 Å². The maximum absolute atomic E-state index is 9.29. The maximum Gasteiger partial charge on any atom is 0.211 e. The summed E-state index contributed by atoms with van der Waals surface area (Å²) in [7, 11) is 3.81. The van der Waals surface area contributed by atoms with Crippen LogP contribution < -0.4 is 0 Å². The van der Waals surface area contributed by atoms with Gasteiger partial charge in [-0.2, -0.15) is 0 Å². The van der Waals surface area contributed by atoms with E-state index >= 15 is 0 Å². The zero-order chi connectivity index (χ0) is 10.8. The van der Waals surface area contributed by atoms with E-state index in [1.165, 1.54) is 11.3 Å². The fraction of sp³-hybridized carbons (Fsp3) is 0.200. The second kappa shape index (κ2) is 3.86. The summed E-state index contributed by atoms with van der Waals surface area (Å²) in [5, 5.41) is 9.99. The van der Waals surface area contributed by atoms with Crippen LogP contribution in [0.15, 0.2) is 23.2 Å². The molecule has 0 radical (unpaired) electrons. The van der Waals surface area contributed by atoms with Crippen molar-refractivity contribution < 1.29 is 5.11 Å². The second-order valence-corrected chi connectivity index (χ2v) is 4.37. The van der Waals surface area contributed by atoms with Crippen molar-refractivity contribution in [3.63, 3.8) is 0 Å². The molecular formula is C10H11N3OS. The van der Waals surface area contributed by atoms with Gasteiger partial charge in [0.25, 0.3) is 0 Å². The molecule has 0 fully saturated rings. The summed E-state index contributed by atoms with van der Waals surface area (Å²) in [5.74, 6) is 0.259. The minimum absolute atomic E-state index is 0.259. The first kappa shape index (κ1) is 9.92. The van der Waals surface area contributed by atoms with E-state index < -0.39 is 0 Å². The maximum atomic E-state index is 9.29. The number of aromatic nitrogens is 1. The smallest absolute Gasteiger partial charge is 0.211 e. The third-order valence-corrected chi connectivity index (χ3v) is 2.69. The zero-order valence-corrected chi connectivity index (χ0v) is 9.32. The number of hydrogen-bond donors (Lipinski definition) is 1. The number of aliphatic imine (C=N–C) groups is 1. The Hall–Kier alpha value is -1.62. The highest BCUT2D eigenvalue weighted by Crippen LogP contribution is 2.30. The molecule has 0 unspecified atom stereocenters. The molecule has 1 aromatic heterocycles. The minimum atomic E-state index is 0.259. The van der Waals surface area contributed by atoms with Gasteiger partial charge < -0.3 is 10.0 Å². The number of aromatic hydroxyl groups is 1. The van der Waals surface area contributed by atoms with Crippen molar-refractivity contribution in [2.24, 2.45) is 4.99 Å². The van der Waals surface area contributed by atoms with E-state index in [-0.39, 0.29) is 5.75 Å². The highest BCUT2D eigenvalue weighted by Gasteiger charge is 2.02. The topological polar surface area (TPSA) is 48.7 Å². The van der Waals surface area contributed by atoms with Gasteiger partial charge in [-0.15, -0.1) is 0 Å². The molecule has 2 rings (SSSR count). The molecule has 2 aromatic rings. The fourth-order valence-corrected chi connectivity index (χ4v) is 1.96. The molecule has 0 aliphatic heterocycles. The van der Waals surface area contributed by atoms with E-state index in [2.05, 4.69) is 9.98 Å². The molecular weight excluding hydrogens is 210 g/mol. The lowest BCUT2D eigenvalue weighted by Crippen LogP contribution is -2.06. The van der Waals surface area contributed by atoms with Gasteiger partial charge in [-0.3, -0.25) is 0 Å². The van der Waals surface area contributed by atoms with Crippen molar-refractivity contribution in [2.45, 2.75) is 0 Å². The summed E-state index contributed by atoms with van der Waals surface area (Å²) in [6.07, 6.45) is 1.71. The number of nitrogens with zero attached hydrogens (tertiary/aromatic N) is 3. The summed E-state index contributed by atoms with van der Waals surface area (Å²) >= 11 is 1.46. The third-order valence-electron chi connectivity index (χ3n) is 1.76. The molecule has 0 saturated heterocycles. The third kappa shape index (κ3) is 2.24. The predicted octanol–water partition coefficient (Wildman–Crippen LogP) is 2.22. The average Bonchev–Trinajstić information content (AvgIpc) is 2.56. The lowest BCUT2D eigenvalue weighted by atomic mass is 10.3. The largest absolute Gasteiger partial charge is 0.508 e. The van der Waals surface area contributed by atoms with Crippen LogP contribution in [0, 0.1) is 0 Å². The van der Waals surface area contributed by atoms with Crippen LogP contribution in [0.5, 0.6) is 5.75 Å². The lowest BCUT2D eigenvalue weighted by molar-refractivity contribution is 0.476. The van der Waals surface area contributed by atoms with Crippen LogP contribution in [-0.4, -0.2) is 35.4 Å². The van der Waals surface area contributed by atoms with E-state index in [4.69, 9.17) is 0 Å². The van der Waals surface area contributed by atoms with Gasteiger partial charge in [0.05, 0.1) is 16.6 Å². The van der Waals surface area contributed by atoms with Gasteiger partial charge in [0.1, 0.15) is 5.75 Å². The Morgan fingerprint density at radius 2 is 2.27 bits per heavy atom. The predicted molar refractivity (Wildman–Crippen MR) is 63.1 cm³/mol. The van der Waals surface area contributed by atoms with Gasteiger partial charge in [0.15, 0.2) is 0 Å². The van der Waals surface area contributed by atoms with Crippen LogP contribution in [0.2, 0.25) is 0 Å². The molecule has 0 bridgehead atoms. The number of rotatable bonds is 2. The van der Waals surface area contributed by atoms with E-state index in [1.54, 1.807) is 24.5 Å². The first-order valence-electron chi connectivity index (χ1n) is 4.45. The quantitative estimate of drug-likeness (QED) is 0.625. The van der Waals surface area contributed by atoms with E-state index in [0.717, 1.165) is 10.2 Å². The minimum Gasteiger partial charge on any atom is -0.508 e. The van der Waals surface area contributed by atoms with Gasteiger partial charge in [-0.25, -0.2) is 9.98 Å². The monoisotopic (exact) mass is 221 g/mol. The van der Waals surface area contributed by atoms with Crippen LogP contribution in [-0.2, 0) is 0 Å². The normalized spacial score (nSPS) is 11.3. The first-order valence-corrected chi connectivity index (χ1v) is 5.27. The zero-order valence-electron chi connectivity index (χ0n) is 8.51. The summed E-state index contributed by atoms with van der Waals surface area (Å²) in [4.78, 5) is 10.4. The average molecular weight is 221 g/mol. The Morgan fingerprint density at radius 3 is 3.00 bits per heavy atom. The Bertz CT molecular complexity index is 504. The Labute approximate surface area is 91.5 Å². The van der Waals surface area contributed by atoms with Gasteiger partial charge >= 0.3 is 0 Å². The van der Waals surface area contributed by atoms with Crippen molar-refractivity contribution in [3.05, 3.63) is 18.2 Å². The van der Waals surface area contributed by atoms with Crippen LogP contribution in [0.3, 0.4) is 0 Å². The van der Waals surface area contributed by atoms with Crippen molar-refractivity contribution in [1.29, 1.82) is 0 Å². The lowest BCUT2D eigenvalue weighted by Gasteiger charge is -1.99. The number of fused-ring (bicyclic) bond motifs is 1. The summed E-state index contributed by atoms with van der Waals surface area (Å²) < 4.78 is 0.945. The van der Waals surface area contributed by atoms with E-state index in [9.17, 15) is 5.11 Å². The van der Waals surface area contributed by atoms with Gasteiger partial charge in [-0.1, -0.05) is 11.3 Å². The van der Waals surface area contributed by atoms with Gasteiger partial charge in [0.2, 0.25) is 5.13 Å². The Morgan fingerprint density at radius 1 is 1.47 bits per heavy atom. The van der Waals surface area contributed by atoms with Crippen molar-refractivity contribution in [2.75, 3.05) is 14.1 Å². The molecule has 0 spiro atoms. The molecule has 4 nitrogen and oxygen atoms in total. The summed E-state index contributed by atoms with van der Waals surface area (Å²) in [6, 6.07) is 5.11. The van der Waals surface area contributed by atoms with Crippen molar-refractivity contribution in [1.82, 2.24) is 9.88 Å². The highest BCUT2D eigenvalue weighted by molar-refractivity contribution is 7.22. The Balaban J connectivity index is 2.39. The SMILES string of the molecule is CN(C)C=Nc1nc2ccc(O)cc2s1. The van der Waals surface area contributed by atoms with Crippen LogP contribution in [0.1, 0.15) is 0 Å². The fourth-order valence-electron chi connectivity index (χ4n) is 1.12. The molecule has 1 aromatic carbocycles. The van der Waals surface area contributed by atoms with Gasteiger partial charge in [0, 0.05) is 14.1 Å². The van der Waals surface area contributed by atoms with E-state index in [0.29, 0.717) is 5.13 Å². The standard InChI is InChI=1S/C10H11N3OS/c1-13(2)6-11-10-12-8-4-3-7(14)5-9(8)15-10/h3-6,14H,1-2H3. The van der Waals surface area contributed by atoms with Crippen molar-refractivity contribution in [3.8, 4) is 5.75 Å². The number of phenolic OH excluding ortho intramolecular Hbond substituents is 1. The molecule has 0 atom stereocenters. The summed E-state index contributed by atoms with van der Waals surface area (Å²) in [5.41, 5.74) is 0.865. The molecule has 1 N–H and O–H groups in total.